The molecule has 2 atom stereocenters. The second-order valence-electron chi connectivity index (χ2n) is 8.52. The summed E-state index contributed by atoms with van der Waals surface area (Å²) in [5.74, 6) is 0.353. The molecule has 7 nitrogen and oxygen atoms in total. The van der Waals surface area contributed by atoms with Crippen molar-refractivity contribution in [2.45, 2.75) is 51.5 Å². The van der Waals surface area contributed by atoms with Gasteiger partial charge in [0.15, 0.2) is 0 Å². The van der Waals surface area contributed by atoms with Gasteiger partial charge < -0.3 is 30.4 Å². The quantitative estimate of drug-likeness (QED) is 0.124. The van der Waals surface area contributed by atoms with E-state index in [0.717, 1.165) is 23.2 Å². The number of aliphatic hydroxyl groups excluding tert-OH is 2. The summed E-state index contributed by atoms with van der Waals surface area (Å²) in [4.78, 5) is 24.6. The van der Waals surface area contributed by atoms with Crippen molar-refractivity contribution >= 4 is 17.9 Å². The van der Waals surface area contributed by atoms with Gasteiger partial charge in [-0.1, -0.05) is 56.3 Å². The lowest BCUT2D eigenvalue weighted by atomic mass is 9.93. The lowest BCUT2D eigenvalue weighted by Crippen LogP contribution is -2.40. The minimum Gasteiger partial charge on any atom is -0.512 e. The average molecular weight is 495 g/mol. The highest BCUT2D eigenvalue weighted by Crippen LogP contribution is 2.31. The monoisotopic (exact) mass is 494 g/mol. The molecule has 2 aromatic carbocycles. The van der Waals surface area contributed by atoms with E-state index in [4.69, 9.17) is 4.74 Å². The zero-order chi connectivity index (χ0) is 26.3. The van der Waals surface area contributed by atoms with Gasteiger partial charge in [0.1, 0.15) is 24.7 Å². The number of nitrogens with one attached hydrogen (secondary N) is 2. The largest absolute Gasteiger partial charge is 0.512 e. The lowest BCUT2D eigenvalue weighted by Gasteiger charge is -2.19. The third-order valence-corrected chi connectivity index (χ3v) is 5.85. The van der Waals surface area contributed by atoms with E-state index in [1.807, 2.05) is 55.5 Å². The molecule has 0 fully saturated rings. The predicted octanol–water partition coefficient (Wildman–Crippen LogP) is 4.69. The fourth-order valence-corrected chi connectivity index (χ4v) is 3.90. The number of hydrogen-bond donors (Lipinski definition) is 4. The topological polar surface area (TPSA) is 108 Å². The Balaban J connectivity index is 2.10. The summed E-state index contributed by atoms with van der Waals surface area (Å²) in [5.41, 5.74) is 3.01. The van der Waals surface area contributed by atoms with Gasteiger partial charge in [0, 0.05) is 25.6 Å². The summed E-state index contributed by atoms with van der Waals surface area (Å²) in [7, 11) is 1.78. The van der Waals surface area contributed by atoms with Crippen molar-refractivity contribution in [2.24, 2.45) is 0 Å². The van der Waals surface area contributed by atoms with Crippen molar-refractivity contribution in [1.82, 2.24) is 5.32 Å². The zero-order valence-corrected chi connectivity index (χ0v) is 21.4. The summed E-state index contributed by atoms with van der Waals surface area (Å²) in [5, 5.41) is 25.5. The van der Waals surface area contributed by atoms with Crippen molar-refractivity contribution in [3.05, 3.63) is 83.1 Å². The van der Waals surface area contributed by atoms with Crippen LogP contribution >= 0.6 is 0 Å². The summed E-state index contributed by atoms with van der Waals surface area (Å²) in [6.45, 7) is 4.01. The van der Waals surface area contributed by atoms with Crippen LogP contribution in [-0.4, -0.2) is 48.7 Å². The number of aldehydes is 1. The number of anilines is 1. The summed E-state index contributed by atoms with van der Waals surface area (Å²) in [6.07, 6.45) is 6.19. The van der Waals surface area contributed by atoms with Gasteiger partial charge >= 0.3 is 0 Å². The van der Waals surface area contributed by atoms with E-state index in [-0.39, 0.29) is 30.5 Å². The van der Waals surface area contributed by atoms with Crippen LogP contribution < -0.4 is 15.4 Å². The molecule has 0 spiro atoms. The van der Waals surface area contributed by atoms with Crippen molar-refractivity contribution in [2.75, 3.05) is 25.6 Å². The second-order valence-corrected chi connectivity index (χ2v) is 8.52. The number of hydrogen-bond acceptors (Lipinski definition) is 6. The van der Waals surface area contributed by atoms with Gasteiger partial charge in [-0.15, -0.1) is 0 Å². The molecule has 0 aliphatic carbocycles. The Labute approximate surface area is 213 Å². The van der Waals surface area contributed by atoms with Crippen LogP contribution in [-0.2, 0) is 16.0 Å². The number of carbonyl (C=O) groups excluding carboxylic acids is 2. The predicted molar refractivity (Wildman–Crippen MR) is 143 cm³/mol. The smallest absolute Gasteiger partial charge is 0.251 e. The first-order valence-electron chi connectivity index (χ1n) is 12.4. The third-order valence-electron chi connectivity index (χ3n) is 5.85. The van der Waals surface area contributed by atoms with Gasteiger partial charge in [-0.3, -0.25) is 4.79 Å². The van der Waals surface area contributed by atoms with Crippen LogP contribution in [0.5, 0.6) is 5.75 Å². The SMILES string of the molecule is CC/C=C(\C=C(/O)Cc1ccccc1)C(=O)N[C@H](C=O)COc1cc(C(CC)CCO)ccc1NC. The van der Waals surface area contributed by atoms with E-state index in [1.165, 1.54) is 6.08 Å². The van der Waals surface area contributed by atoms with Gasteiger partial charge in [-0.25, -0.2) is 0 Å². The highest BCUT2D eigenvalue weighted by molar-refractivity contribution is 5.97. The molecule has 2 rings (SSSR count). The Kier molecular flexibility index (Phi) is 12.3. The molecule has 0 saturated heterocycles. The molecule has 0 heterocycles. The van der Waals surface area contributed by atoms with Gasteiger partial charge in [0.2, 0.25) is 0 Å². The van der Waals surface area contributed by atoms with Crippen LogP contribution in [0.2, 0.25) is 0 Å². The van der Waals surface area contributed by atoms with Crippen LogP contribution in [0.4, 0.5) is 5.69 Å². The Bertz CT molecular complexity index is 1030. The van der Waals surface area contributed by atoms with Crippen LogP contribution in [0.1, 0.15) is 50.2 Å². The number of aliphatic hydroxyl groups is 2. The maximum Gasteiger partial charge on any atom is 0.251 e. The maximum atomic E-state index is 12.9. The zero-order valence-electron chi connectivity index (χ0n) is 21.4. The molecule has 0 saturated carbocycles. The molecule has 194 valence electrons. The summed E-state index contributed by atoms with van der Waals surface area (Å²) < 4.78 is 5.94. The minimum absolute atomic E-state index is 0.0523. The molecule has 0 bridgehead atoms. The normalized spacial score (nSPS) is 13.6. The number of carbonyl (C=O) groups is 2. The van der Waals surface area contributed by atoms with E-state index in [2.05, 4.69) is 17.6 Å². The average Bonchev–Trinajstić information content (AvgIpc) is 2.89. The second kappa shape index (κ2) is 15.4. The Morgan fingerprint density at radius 3 is 2.50 bits per heavy atom. The number of ether oxygens (including phenoxy) is 1. The maximum absolute atomic E-state index is 12.9. The van der Waals surface area contributed by atoms with Gasteiger partial charge in [-0.05, 0) is 54.5 Å². The van der Waals surface area contributed by atoms with Crippen molar-refractivity contribution < 1.29 is 24.5 Å². The number of benzene rings is 2. The van der Waals surface area contributed by atoms with E-state index < -0.39 is 11.9 Å². The Morgan fingerprint density at radius 2 is 1.89 bits per heavy atom. The number of rotatable bonds is 15. The Morgan fingerprint density at radius 1 is 1.14 bits per heavy atom. The standard InChI is InChI=1S/C29H38N2O5/c1-4-9-24(17-26(34)16-21-10-7-6-8-11-21)29(35)31-25(19-33)20-36-28-18-23(12-13-27(28)30-3)22(5-2)14-15-32/h6-13,17-19,22,25,30,32,34H,4-5,14-16,20H2,1-3H3,(H,31,35)/b24-9+,26-17-/t22?,25-/m1/s1. The van der Waals surface area contributed by atoms with Gasteiger partial charge in [0.05, 0.1) is 11.4 Å². The fraction of sp³-hybridized carbons (Fsp3) is 0.379. The molecule has 0 aliphatic rings. The van der Waals surface area contributed by atoms with E-state index >= 15 is 0 Å². The molecule has 0 aliphatic heterocycles. The van der Waals surface area contributed by atoms with Crippen LogP contribution in [0.25, 0.3) is 0 Å². The molecular weight excluding hydrogens is 456 g/mol. The first-order valence-corrected chi connectivity index (χ1v) is 12.4. The molecule has 7 heteroatoms. The minimum atomic E-state index is -0.879. The number of amides is 1. The molecule has 36 heavy (non-hydrogen) atoms. The van der Waals surface area contributed by atoms with E-state index in [9.17, 15) is 19.8 Å². The first kappa shape index (κ1) is 28.7. The molecule has 4 N–H and O–H groups in total. The fourth-order valence-electron chi connectivity index (χ4n) is 3.90. The molecule has 1 amide bonds. The molecule has 1 unspecified atom stereocenters. The first-order chi connectivity index (χ1) is 17.4. The van der Waals surface area contributed by atoms with Gasteiger partial charge in [-0.2, -0.15) is 0 Å². The number of allylic oxidation sites excluding steroid dienone is 2. The summed E-state index contributed by atoms with van der Waals surface area (Å²) in [6, 6.07) is 14.4. The highest BCUT2D eigenvalue weighted by atomic mass is 16.5. The van der Waals surface area contributed by atoms with Gasteiger partial charge in [0.25, 0.3) is 5.91 Å². The van der Waals surface area contributed by atoms with Crippen LogP contribution in [0, 0.1) is 0 Å². The van der Waals surface area contributed by atoms with Crippen LogP contribution in [0.15, 0.2) is 72.0 Å². The molecule has 0 aromatic heterocycles. The molecule has 2 aromatic rings. The highest BCUT2D eigenvalue weighted by Gasteiger charge is 2.17. The van der Waals surface area contributed by atoms with Crippen molar-refractivity contribution in [3.63, 3.8) is 0 Å². The molecule has 0 radical (unpaired) electrons. The van der Waals surface area contributed by atoms with E-state index in [1.54, 1.807) is 13.1 Å². The van der Waals surface area contributed by atoms with Crippen LogP contribution in [0.3, 0.4) is 0 Å². The lowest BCUT2D eigenvalue weighted by molar-refractivity contribution is -0.121. The van der Waals surface area contributed by atoms with Crippen molar-refractivity contribution in [3.8, 4) is 5.75 Å². The molecular formula is C29H38N2O5. The summed E-state index contributed by atoms with van der Waals surface area (Å²) >= 11 is 0. The third kappa shape index (κ3) is 8.89. The Hall–Kier alpha value is -3.58. The van der Waals surface area contributed by atoms with E-state index in [0.29, 0.717) is 31.3 Å². The van der Waals surface area contributed by atoms with Crippen molar-refractivity contribution in [1.29, 1.82) is 0 Å².